The summed E-state index contributed by atoms with van der Waals surface area (Å²) in [6.07, 6.45) is 0. The number of halogens is 1. The molecule has 1 aromatic rings. The van der Waals surface area contributed by atoms with Crippen molar-refractivity contribution in [2.75, 3.05) is 0 Å². The number of carbonyl (C=O) groups is 1. The second-order valence-electron chi connectivity index (χ2n) is 4.59. The molecule has 0 aliphatic rings. The number of aliphatic carboxylic acids is 1. The lowest BCUT2D eigenvalue weighted by Crippen LogP contribution is -2.44. The highest BCUT2D eigenvalue weighted by molar-refractivity contribution is 7.89. The number of carboxylic acids is 1. The summed E-state index contributed by atoms with van der Waals surface area (Å²) < 4.78 is 39.2. The third-order valence-corrected chi connectivity index (χ3v) is 4.24. The van der Waals surface area contributed by atoms with Gasteiger partial charge in [0.05, 0.1) is 4.90 Å². The molecule has 0 fully saturated rings. The van der Waals surface area contributed by atoms with Crippen molar-refractivity contribution >= 4 is 16.0 Å². The molecule has 19 heavy (non-hydrogen) atoms. The quantitative estimate of drug-likeness (QED) is 0.861. The van der Waals surface area contributed by atoms with Gasteiger partial charge < -0.3 is 5.11 Å². The van der Waals surface area contributed by atoms with Gasteiger partial charge in [0.1, 0.15) is 11.9 Å². The van der Waals surface area contributed by atoms with Crippen LogP contribution in [0.2, 0.25) is 0 Å². The fourth-order valence-electron chi connectivity index (χ4n) is 1.62. The van der Waals surface area contributed by atoms with Crippen LogP contribution in [0.5, 0.6) is 0 Å². The van der Waals surface area contributed by atoms with E-state index >= 15 is 0 Å². The Morgan fingerprint density at radius 3 is 2.37 bits per heavy atom. The summed E-state index contributed by atoms with van der Waals surface area (Å²) in [5.41, 5.74) is 0.223. The van der Waals surface area contributed by atoms with Crippen LogP contribution in [0.3, 0.4) is 0 Å². The molecule has 0 heterocycles. The van der Waals surface area contributed by atoms with Crippen LogP contribution in [-0.4, -0.2) is 25.5 Å². The van der Waals surface area contributed by atoms with E-state index in [0.29, 0.717) is 0 Å². The number of hydrogen-bond donors (Lipinski definition) is 2. The minimum atomic E-state index is -3.99. The maximum Gasteiger partial charge on any atom is 0.322 e. The molecule has 5 nitrogen and oxygen atoms in total. The summed E-state index contributed by atoms with van der Waals surface area (Å²) in [6.45, 7) is 4.64. The summed E-state index contributed by atoms with van der Waals surface area (Å²) in [7, 11) is -3.99. The molecule has 106 valence electrons. The van der Waals surface area contributed by atoms with E-state index in [0.717, 1.165) is 18.2 Å². The zero-order valence-corrected chi connectivity index (χ0v) is 11.7. The molecule has 0 radical (unpaired) electrons. The van der Waals surface area contributed by atoms with Gasteiger partial charge in [-0.1, -0.05) is 13.8 Å². The molecule has 0 saturated carbocycles. The van der Waals surface area contributed by atoms with Gasteiger partial charge in [0, 0.05) is 0 Å². The molecule has 0 aliphatic carbocycles. The van der Waals surface area contributed by atoms with E-state index in [1.807, 2.05) is 0 Å². The predicted octanol–water partition coefficient (Wildman–Crippen LogP) is 1.52. The topological polar surface area (TPSA) is 83.5 Å². The largest absolute Gasteiger partial charge is 0.480 e. The average molecular weight is 289 g/mol. The van der Waals surface area contributed by atoms with E-state index in [1.165, 1.54) is 6.92 Å². The summed E-state index contributed by atoms with van der Waals surface area (Å²) in [5, 5.41) is 8.98. The first kappa shape index (κ1) is 15.6. The second kappa shape index (κ2) is 5.66. The minimum absolute atomic E-state index is 0.124. The molecule has 0 bridgehead atoms. The standard InChI is InChI=1S/C12H16FNO4S/c1-7(2)11(12(15)16)14-19(17,18)10-5-4-9(13)6-8(10)3/h4-7,11,14H,1-3H3,(H,15,16)/t11-/m1/s1. The smallest absolute Gasteiger partial charge is 0.322 e. The second-order valence-corrected chi connectivity index (χ2v) is 6.27. The van der Waals surface area contributed by atoms with Crippen molar-refractivity contribution in [2.24, 2.45) is 5.92 Å². The average Bonchev–Trinajstić information content (AvgIpc) is 2.24. The number of hydrogen-bond acceptors (Lipinski definition) is 3. The minimum Gasteiger partial charge on any atom is -0.480 e. The third-order valence-electron chi connectivity index (χ3n) is 2.64. The van der Waals surface area contributed by atoms with E-state index in [-0.39, 0.29) is 10.5 Å². The molecule has 2 N–H and O–H groups in total. The number of carboxylic acid groups (broad SMARTS) is 1. The van der Waals surface area contributed by atoms with Gasteiger partial charge in [-0.25, -0.2) is 12.8 Å². The van der Waals surface area contributed by atoms with Crippen LogP contribution < -0.4 is 4.72 Å². The van der Waals surface area contributed by atoms with Gasteiger partial charge in [0.2, 0.25) is 10.0 Å². The highest BCUT2D eigenvalue weighted by atomic mass is 32.2. The van der Waals surface area contributed by atoms with Crippen molar-refractivity contribution in [3.05, 3.63) is 29.6 Å². The Kier molecular flexibility index (Phi) is 4.65. The van der Waals surface area contributed by atoms with Crippen LogP contribution in [0.25, 0.3) is 0 Å². The molecular weight excluding hydrogens is 273 g/mol. The number of rotatable bonds is 5. The molecule has 0 aliphatic heterocycles. The highest BCUT2D eigenvalue weighted by Gasteiger charge is 2.28. The molecule has 0 aromatic heterocycles. The summed E-state index contributed by atoms with van der Waals surface area (Å²) in [4.78, 5) is 10.9. The number of sulfonamides is 1. The lowest BCUT2D eigenvalue weighted by atomic mass is 10.1. The van der Waals surface area contributed by atoms with Gasteiger partial charge in [-0.05, 0) is 36.6 Å². The monoisotopic (exact) mass is 289 g/mol. The Balaban J connectivity index is 3.14. The lowest BCUT2D eigenvalue weighted by molar-refractivity contribution is -0.140. The Hall–Kier alpha value is -1.47. The van der Waals surface area contributed by atoms with E-state index in [4.69, 9.17) is 5.11 Å². The maximum absolute atomic E-state index is 12.9. The van der Waals surface area contributed by atoms with Crippen LogP contribution in [-0.2, 0) is 14.8 Å². The van der Waals surface area contributed by atoms with Gasteiger partial charge in [0.15, 0.2) is 0 Å². The van der Waals surface area contributed by atoms with Gasteiger partial charge >= 0.3 is 5.97 Å². The molecule has 1 atom stereocenters. The molecule has 0 amide bonds. The molecule has 0 unspecified atom stereocenters. The molecular formula is C12H16FNO4S. The van der Waals surface area contributed by atoms with E-state index in [9.17, 15) is 17.6 Å². The lowest BCUT2D eigenvalue weighted by Gasteiger charge is -2.18. The van der Waals surface area contributed by atoms with E-state index in [2.05, 4.69) is 4.72 Å². The van der Waals surface area contributed by atoms with Crippen LogP contribution >= 0.6 is 0 Å². The molecule has 0 saturated heterocycles. The predicted molar refractivity (Wildman–Crippen MR) is 67.7 cm³/mol. The normalized spacial score (nSPS) is 13.5. The van der Waals surface area contributed by atoms with E-state index < -0.39 is 33.8 Å². The fourth-order valence-corrected chi connectivity index (χ4v) is 3.18. The zero-order chi connectivity index (χ0) is 14.8. The van der Waals surface area contributed by atoms with Crippen molar-refractivity contribution in [3.63, 3.8) is 0 Å². The molecule has 1 aromatic carbocycles. The van der Waals surface area contributed by atoms with Crippen LogP contribution in [0.1, 0.15) is 19.4 Å². The van der Waals surface area contributed by atoms with Gasteiger partial charge in [0.25, 0.3) is 0 Å². The van der Waals surface area contributed by atoms with E-state index in [1.54, 1.807) is 13.8 Å². The first-order valence-corrected chi connectivity index (χ1v) is 7.14. The van der Waals surface area contributed by atoms with Crippen molar-refractivity contribution < 1.29 is 22.7 Å². The molecule has 1 rings (SSSR count). The van der Waals surface area contributed by atoms with Gasteiger partial charge in [-0.2, -0.15) is 4.72 Å². The number of aryl methyl sites for hydroxylation is 1. The Morgan fingerprint density at radius 2 is 1.95 bits per heavy atom. The van der Waals surface area contributed by atoms with Crippen molar-refractivity contribution in [1.82, 2.24) is 4.72 Å². The third kappa shape index (κ3) is 3.74. The Bertz CT molecular complexity index is 583. The van der Waals surface area contributed by atoms with Crippen molar-refractivity contribution in [2.45, 2.75) is 31.7 Å². The zero-order valence-electron chi connectivity index (χ0n) is 10.8. The first-order chi connectivity index (χ1) is 8.65. The summed E-state index contributed by atoms with van der Waals surface area (Å²) in [6, 6.07) is 1.99. The number of benzene rings is 1. The molecule has 0 spiro atoms. The Morgan fingerprint density at radius 1 is 1.37 bits per heavy atom. The van der Waals surface area contributed by atoms with Crippen LogP contribution in [0, 0.1) is 18.7 Å². The van der Waals surface area contributed by atoms with Gasteiger partial charge in [-0.3, -0.25) is 4.79 Å². The SMILES string of the molecule is Cc1cc(F)ccc1S(=O)(=O)N[C@@H](C(=O)O)C(C)C. The van der Waals surface area contributed by atoms with Crippen molar-refractivity contribution in [3.8, 4) is 0 Å². The van der Waals surface area contributed by atoms with Crippen LogP contribution in [0.4, 0.5) is 4.39 Å². The number of nitrogens with one attached hydrogen (secondary N) is 1. The first-order valence-electron chi connectivity index (χ1n) is 5.66. The van der Waals surface area contributed by atoms with Gasteiger partial charge in [-0.15, -0.1) is 0 Å². The van der Waals surface area contributed by atoms with Crippen molar-refractivity contribution in [1.29, 1.82) is 0 Å². The summed E-state index contributed by atoms with van der Waals surface area (Å²) in [5.74, 6) is -2.21. The fraction of sp³-hybridized carbons (Fsp3) is 0.417. The maximum atomic E-state index is 12.9. The highest BCUT2D eigenvalue weighted by Crippen LogP contribution is 2.17. The van der Waals surface area contributed by atoms with Crippen LogP contribution in [0.15, 0.2) is 23.1 Å². The molecule has 7 heteroatoms. The summed E-state index contributed by atoms with van der Waals surface area (Å²) >= 11 is 0. The Labute approximate surface area is 111 Å².